The van der Waals surface area contributed by atoms with Gasteiger partial charge in [0.25, 0.3) is 0 Å². The number of nitrogens with one attached hydrogen (secondary N) is 1. The van der Waals surface area contributed by atoms with Crippen LogP contribution in [0.1, 0.15) is 31.5 Å². The summed E-state index contributed by atoms with van der Waals surface area (Å²) in [7, 11) is 0. The Morgan fingerprint density at radius 1 is 0.963 bits per heavy atom. The number of hydrogen-bond acceptors (Lipinski definition) is 3. The van der Waals surface area contributed by atoms with E-state index in [0.717, 1.165) is 34.8 Å². The number of oxime groups is 1. The van der Waals surface area contributed by atoms with Crippen LogP contribution in [0, 0.1) is 5.92 Å². The number of para-hydroxylation sites is 2. The standard InChI is InChI=1S/C23H25N3O/c1-17(2)15-19(24-18-9-4-3-5-10-18)16-27-25-23-20-11-6-7-12-21(20)26-14-8-13-22(23)26/h3-14,17,19,24H,15-16H2,1-2H3. The van der Waals surface area contributed by atoms with Crippen LogP contribution < -0.4 is 5.32 Å². The normalized spacial score (nSPS) is 14.9. The number of rotatable bonds is 7. The van der Waals surface area contributed by atoms with E-state index in [2.05, 4.69) is 71.5 Å². The molecular formula is C23H25N3O. The summed E-state index contributed by atoms with van der Waals surface area (Å²) in [4.78, 5) is 5.85. The molecular weight excluding hydrogens is 334 g/mol. The number of anilines is 1. The summed E-state index contributed by atoms with van der Waals surface area (Å²) in [5.41, 5.74) is 5.36. The van der Waals surface area contributed by atoms with Crippen molar-refractivity contribution in [2.45, 2.75) is 26.3 Å². The Balaban J connectivity index is 1.50. The fourth-order valence-electron chi connectivity index (χ4n) is 3.60. The fourth-order valence-corrected chi connectivity index (χ4v) is 3.60. The lowest BCUT2D eigenvalue weighted by atomic mass is 10.0. The highest BCUT2D eigenvalue weighted by Crippen LogP contribution is 2.28. The predicted octanol–water partition coefficient (Wildman–Crippen LogP) is 5.09. The maximum atomic E-state index is 5.85. The Morgan fingerprint density at radius 3 is 2.56 bits per heavy atom. The van der Waals surface area contributed by atoms with Crippen LogP contribution in [0.25, 0.3) is 5.69 Å². The van der Waals surface area contributed by atoms with E-state index in [1.165, 1.54) is 0 Å². The summed E-state index contributed by atoms with van der Waals surface area (Å²) in [6, 6.07) is 22.9. The van der Waals surface area contributed by atoms with Crippen LogP contribution in [0.5, 0.6) is 0 Å². The van der Waals surface area contributed by atoms with Gasteiger partial charge in [0.2, 0.25) is 0 Å². The fraction of sp³-hybridized carbons (Fsp3) is 0.261. The van der Waals surface area contributed by atoms with Crippen molar-refractivity contribution in [2.75, 3.05) is 11.9 Å². The molecule has 0 saturated carbocycles. The molecule has 1 unspecified atom stereocenters. The highest BCUT2D eigenvalue weighted by molar-refractivity contribution is 6.17. The van der Waals surface area contributed by atoms with Crippen LogP contribution >= 0.6 is 0 Å². The van der Waals surface area contributed by atoms with E-state index in [0.29, 0.717) is 12.5 Å². The Kier molecular flexibility index (Phi) is 4.97. The molecule has 2 aromatic carbocycles. The first-order valence-electron chi connectivity index (χ1n) is 9.51. The third-order valence-electron chi connectivity index (χ3n) is 4.74. The second-order valence-corrected chi connectivity index (χ2v) is 7.35. The summed E-state index contributed by atoms with van der Waals surface area (Å²) in [5.74, 6) is 0.576. The van der Waals surface area contributed by atoms with Gasteiger partial charge in [-0.3, -0.25) is 0 Å². The van der Waals surface area contributed by atoms with Crippen molar-refractivity contribution in [3.8, 4) is 5.69 Å². The molecule has 0 aliphatic carbocycles. The number of benzene rings is 2. The quantitative estimate of drug-likeness (QED) is 0.467. The van der Waals surface area contributed by atoms with E-state index >= 15 is 0 Å². The Labute approximate surface area is 160 Å². The van der Waals surface area contributed by atoms with Crippen molar-refractivity contribution < 1.29 is 4.84 Å². The van der Waals surface area contributed by atoms with Crippen molar-refractivity contribution in [1.29, 1.82) is 0 Å². The van der Waals surface area contributed by atoms with Gasteiger partial charge in [0.1, 0.15) is 12.3 Å². The van der Waals surface area contributed by atoms with Gasteiger partial charge in [-0.2, -0.15) is 0 Å². The van der Waals surface area contributed by atoms with Gasteiger partial charge in [-0.25, -0.2) is 0 Å². The van der Waals surface area contributed by atoms with E-state index in [1.54, 1.807) is 0 Å². The first kappa shape index (κ1) is 17.4. The predicted molar refractivity (Wildman–Crippen MR) is 111 cm³/mol. The van der Waals surface area contributed by atoms with Crippen molar-refractivity contribution in [2.24, 2.45) is 11.1 Å². The summed E-state index contributed by atoms with van der Waals surface area (Å²) in [6.07, 6.45) is 3.09. The number of aromatic nitrogens is 1. The largest absolute Gasteiger partial charge is 0.393 e. The molecule has 1 aliphatic heterocycles. The van der Waals surface area contributed by atoms with Gasteiger partial charge < -0.3 is 14.7 Å². The van der Waals surface area contributed by atoms with Gasteiger partial charge in [0.05, 0.1) is 17.4 Å². The van der Waals surface area contributed by atoms with E-state index in [4.69, 9.17) is 4.84 Å². The van der Waals surface area contributed by atoms with Crippen molar-refractivity contribution in [1.82, 2.24) is 4.57 Å². The number of hydrogen-bond donors (Lipinski definition) is 1. The molecule has 0 saturated heterocycles. The minimum absolute atomic E-state index is 0.209. The van der Waals surface area contributed by atoms with E-state index in [9.17, 15) is 0 Å². The molecule has 27 heavy (non-hydrogen) atoms. The molecule has 0 bridgehead atoms. The average molecular weight is 359 g/mol. The molecule has 0 spiro atoms. The highest BCUT2D eigenvalue weighted by Gasteiger charge is 2.24. The SMILES string of the molecule is CC(C)CC(CON=C1c2ccccc2-n2cccc21)Nc1ccccc1. The molecule has 3 aromatic rings. The molecule has 1 aliphatic rings. The van der Waals surface area contributed by atoms with Crippen LogP contribution in [-0.2, 0) is 4.84 Å². The van der Waals surface area contributed by atoms with Crippen LogP contribution in [0.2, 0.25) is 0 Å². The van der Waals surface area contributed by atoms with Crippen LogP contribution in [-0.4, -0.2) is 22.9 Å². The molecule has 0 amide bonds. The Bertz CT molecular complexity index is 928. The molecule has 0 fully saturated rings. The minimum atomic E-state index is 0.209. The molecule has 1 atom stereocenters. The molecule has 138 valence electrons. The summed E-state index contributed by atoms with van der Waals surface area (Å²) in [6.45, 7) is 4.98. The molecule has 1 N–H and O–H groups in total. The van der Waals surface area contributed by atoms with Crippen LogP contribution in [0.4, 0.5) is 5.69 Å². The van der Waals surface area contributed by atoms with E-state index in [-0.39, 0.29) is 6.04 Å². The van der Waals surface area contributed by atoms with Crippen molar-refractivity contribution in [3.05, 3.63) is 84.2 Å². The van der Waals surface area contributed by atoms with Gasteiger partial charge in [0.15, 0.2) is 0 Å². The van der Waals surface area contributed by atoms with E-state index < -0.39 is 0 Å². The average Bonchev–Trinajstić information content (AvgIpc) is 3.24. The maximum Gasteiger partial charge on any atom is 0.137 e. The van der Waals surface area contributed by atoms with Gasteiger partial charge >= 0.3 is 0 Å². The highest BCUT2D eigenvalue weighted by atomic mass is 16.6. The van der Waals surface area contributed by atoms with Crippen LogP contribution in [0.3, 0.4) is 0 Å². The molecule has 2 heterocycles. The monoisotopic (exact) mass is 359 g/mol. The number of nitrogens with zero attached hydrogens (tertiary/aromatic N) is 2. The smallest absolute Gasteiger partial charge is 0.137 e. The topological polar surface area (TPSA) is 38.5 Å². The van der Waals surface area contributed by atoms with E-state index in [1.807, 2.05) is 30.3 Å². The third kappa shape index (κ3) is 3.75. The molecule has 4 nitrogen and oxygen atoms in total. The first-order chi connectivity index (χ1) is 13.2. The zero-order chi connectivity index (χ0) is 18.6. The lowest BCUT2D eigenvalue weighted by molar-refractivity contribution is 0.129. The lowest BCUT2D eigenvalue weighted by Gasteiger charge is -2.20. The minimum Gasteiger partial charge on any atom is -0.393 e. The zero-order valence-electron chi connectivity index (χ0n) is 15.8. The van der Waals surface area contributed by atoms with Crippen molar-refractivity contribution >= 4 is 11.4 Å². The van der Waals surface area contributed by atoms with Crippen LogP contribution in [0.15, 0.2) is 78.1 Å². The van der Waals surface area contributed by atoms with Gasteiger partial charge in [-0.05, 0) is 42.7 Å². The molecule has 4 heteroatoms. The Morgan fingerprint density at radius 2 is 1.74 bits per heavy atom. The van der Waals surface area contributed by atoms with Crippen molar-refractivity contribution in [3.63, 3.8) is 0 Å². The third-order valence-corrected chi connectivity index (χ3v) is 4.74. The zero-order valence-corrected chi connectivity index (χ0v) is 15.8. The van der Waals surface area contributed by atoms with Gasteiger partial charge in [0, 0.05) is 17.4 Å². The van der Waals surface area contributed by atoms with Gasteiger partial charge in [-0.15, -0.1) is 0 Å². The molecule has 1 aromatic heterocycles. The summed E-state index contributed by atoms with van der Waals surface area (Å²) >= 11 is 0. The maximum absolute atomic E-state index is 5.85. The second-order valence-electron chi connectivity index (χ2n) is 7.35. The lowest BCUT2D eigenvalue weighted by Crippen LogP contribution is -2.26. The second kappa shape index (κ2) is 7.70. The summed E-state index contributed by atoms with van der Waals surface area (Å²) in [5, 5.41) is 8.09. The van der Waals surface area contributed by atoms with Gasteiger partial charge in [-0.1, -0.05) is 55.4 Å². The first-order valence-corrected chi connectivity index (χ1v) is 9.51. The molecule has 4 rings (SSSR count). The molecule has 0 radical (unpaired) electrons. The summed E-state index contributed by atoms with van der Waals surface area (Å²) < 4.78 is 2.16. The number of fused-ring (bicyclic) bond motifs is 3. The Hall–Kier alpha value is -3.01.